The van der Waals surface area contributed by atoms with Gasteiger partial charge in [-0.25, -0.2) is 4.98 Å². The summed E-state index contributed by atoms with van der Waals surface area (Å²) in [7, 11) is 0. The number of nitrogens with zero attached hydrogens (tertiary/aromatic N) is 3. The van der Waals surface area contributed by atoms with Crippen LogP contribution in [0.1, 0.15) is 67.3 Å². The van der Waals surface area contributed by atoms with Crippen LogP contribution < -0.4 is 10.6 Å². The van der Waals surface area contributed by atoms with Gasteiger partial charge in [0.1, 0.15) is 5.01 Å². The third-order valence-electron chi connectivity index (χ3n) is 7.22. The van der Waals surface area contributed by atoms with Crippen molar-refractivity contribution in [2.45, 2.75) is 57.8 Å². The maximum absolute atomic E-state index is 13.5. The zero-order valence-corrected chi connectivity index (χ0v) is 24.1. The van der Waals surface area contributed by atoms with Crippen LogP contribution in [0.3, 0.4) is 0 Å². The van der Waals surface area contributed by atoms with E-state index < -0.39 is 12.1 Å². The number of hydrogen-bond acceptors (Lipinski definition) is 8. The first-order valence-electron chi connectivity index (χ1n) is 13.9. The summed E-state index contributed by atoms with van der Waals surface area (Å²) < 4.78 is 5.23. The molecule has 214 valence electrons. The van der Waals surface area contributed by atoms with Gasteiger partial charge in [-0.05, 0) is 56.9 Å². The van der Waals surface area contributed by atoms with Crippen LogP contribution in [0, 0.1) is 13.8 Å². The van der Waals surface area contributed by atoms with Crippen molar-refractivity contribution in [1.82, 2.24) is 25.7 Å². The molecule has 1 aliphatic heterocycles. The molecular weight excluding hydrogens is 538 g/mol. The quantitative estimate of drug-likeness (QED) is 0.246. The summed E-state index contributed by atoms with van der Waals surface area (Å²) in [6.07, 6.45) is 1.36. The van der Waals surface area contributed by atoms with Gasteiger partial charge in [0.25, 0.3) is 11.8 Å². The fourth-order valence-electron chi connectivity index (χ4n) is 5.14. The number of nitrogens with one attached hydrogen (secondary N) is 2. The third kappa shape index (κ3) is 7.27. The maximum Gasteiger partial charge on any atom is 0.254 e. The highest BCUT2D eigenvalue weighted by Gasteiger charge is 2.33. The van der Waals surface area contributed by atoms with E-state index in [1.165, 1.54) is 0 Å². The normalized spacial score (nSPS) is 16.5. The molecule has 3 heterocycles. The summed E-state index contributed by atoms with van der Waals surface area (Å²) >= 11 is 1.58. The molecule has 41 heavy (non-hydrogen) atoms. The Morgan fingerprint density at radius 1 is 1.10 bits per heavy atom. The van der Waals surface area contributed by atoms with Crippen molar-refractivity contribution in [2.75, 3.05) is 13.1 Å². The highest BCUT2D eigenvalue weighted by atomic mass is 32.1. The Hall–Kier alpha value is -3.86. The molecule has 3 unspecified atom stereocenters. The molecule has 1 fully saturated rings. The van der Waals surface area contributed by atoms with E-state index in [1.807, 2.05) is 60.5 Å². The van der Waals surface area contributed by atoms with E-state index in [2.05, 4.69) is 20.8 Å². The van der Waals surface area contributed by atoms with Crippen molar-refractivity contribution in [3.63, 3.8) is 0 Å². The number of aliphatic hydroxyl groups is 1. The van der Waals surface area contributed by atoms with Crippen molar-refractivity contribution in [3.05, 3.63) is 105 Å². The fourth-order valence-corrected chi connectivity index (χ4v) is 6.08. The highest BCUT2D eigenvalue weighted by molar-refractivity contribution is 7.09. The van der Waals surface area contributed by atoms with Crippen LogP contribution in [0.4, 0.5) is 0 Å². The standard InChI is InChI=1S/C31H35N5O4S/c1-20-14-25(40-35-20)17-32-18-28(37)26(15-22-8-4-3-5-9-22)34-29(38)23-10-6-11-24(16-23)31(39)36-13-7-12-27(36)30-33-21(2)19-41-30/h3-6,8-11,14,16,19,26-28,32,37H,7,12-13,15,17-18H2,1-2H3,(H,34,38). The monoisotopic (exact) mass is 573 g/mol. The van der Waals surface area contributed by atoms with Gasteiger partial charge in [0, 0.05) is 41.4 Å². The fraction of sp³-hybridized carbons (Fsp3) is 0.355. The van der Waals surface area contributed by atoms with Gasteiger partial charge in [-0.1, -0.05) is 41.6 Å². The molecular formula is C31H35N5O4S. The van der Waals surface area contributed by atoms with Gasteiger partial charge in [-0.15, -0.1) is 11.3 Å². The van der Waals surface area contributed by atoms with Gasteiger partial charge in [0.15, 0.2) is 5.76 Å². The van der Waals surface area contributed by atoms with E-state index in [-0.39, 0.29) is 24.4 Å². The molecule has 10 heteroatoms. The molecule has 4 aromatic rings. The van der Waals surface area contributed by atoms with E-state index in [0.717, 1.165) is 34.8 Å². The molecule has 0 radical (unpaired) electrons. The highest BCUT2D eigenvalue weighted by Crippen LogP contribution is 2.34. The summed E-state index contributed by atoms with van der Waals surface area (Å²) in [4.78, 5) is 33.4. The number of aryl methyl sites for hydroxylation is 2. The maximum atomic E-state index is 13.5. The van der Waals surface area contributed by atoms with E-state index in [4.69, 9.17) is 4.52 Å². The van der Waals surface area contributed by atoms with Crippen LogP contribution in [0.15, 0.2) is 70.6 Å². The van der Waals surface area contributed by atoms with Gasteiger partial charge < -0.3 is 25.2 Å². The molecule has 0 saturated carbocycles. The molecule has 2 aromatic carbocycles. The largest absolute Gasteiger partial charge is 0.390 e. The molecule has 3 N–H and O–H groups in total. The lowest BCUT2D eigenvalue weighted by Gasteiger charge is -2.25. The molecule has 2 aromatic heterocycles. The molecule has 2 amide bonds. The van der Waals surface area contributed by atoms with Crippen LogP contribution in [0.25, 0.3) is 0 Å². The number of rotatable bonds is 11. The van der Waals surface area contributed by atoms with E-state index in [0.29, 0.717) is 36.4 Å². The SMILES string of the molecule is Cc1cc(CNCC(O)C(Cc2ccccc2)NC(=O)c2cccc(C(=O)N3CCCC3c3nc(C)cs3)c2)on1. The van der Waals surface area contributed by atoms with Crippen LogP contribution in [-0.4, -0.2) is 57.2 Å². The van der Waals surface area contributed by atoms with Gasteiger partial charge in [0.05, 0.1) is 30.4 Å². The second-order valence-electron chi connectivity index (χ2n) is 10.5. The van der Waals surface area contributed by atoms with E-state index in [1.54, 1.807) is 35.6 Å². The van der Waals surface area contributed by atoms with Crippen molar-refractivity contribution < 1.29 is 19.2 Å². The minimum atomic E-state index is -0.875. The molecule has 1 aliphatic rings. The number of hydrogen-bond donors (Lipinski definition) is 3. The molecule has 0 aliphatic carbocycles. The Balaban J connectivity index is 1.27. The van der Waals surface area contributed by atoms with Gasteiger partial charge >= 0.3 is 0 Å². The second kappa shape index (κ2) is 13.2. The summed E-state index contributed by atoms with van der Waals surface area (Å²) in [5.74, 6) is 0.215. The number of benzene rings is 2. The Labute approximate surface area is 243 Å². The average Bonchev–Trinajstić information content (AvgIpc) is 3.74. The predicted octanol–water partition coefficient (Wildman–Crippen LogP) is 4.22. The van der Waals surface area contributed by atoms with Crippen molar-refractivity contribution in [2.24, 2.45) is 0 Å². The average molecular weight is 574 g/mol. The lowest BCUT2D eigenvalue weighted by molar-refractivity contribution is 0.0735. The summed E-state index contributed by atoms with van der Waals surface area (Å²) in [6, 6.07) is 17.7. The minimum absolute atomic E-state index is 0.0440. The summed E-state index contributed by atoms with van der Waals surface area (Å²) in [6.45, 7) is 5.11. The zero-order valence-electron chi connectivity index (χ0n) is 23.2. The number of aliphatic hydroxyl groups excluding tert-OH is 1. The molecule has 3 atom stereocenters. The first kappa shape index (κ1) is 28.7. The van der Waals surface area contributed by atoms with Crippen LogP contribution in [-0.2, 0) is 13.0 Å². The zero-order chi connectivity index (χ0) is 28.8. The number of carbonyl (C=O) groups is 2. The smallest absolute Gasteiger partial charge is 0.254 e. The van der Waals surface area contributed by atoms with Crippen molar-refractivity contribution in [1.29, 1.82) is 0 Å². The number of aromatic nitrogens is 2. The predicted molar refractivity (Wildman–Crippen MR) is 157 cm³/mol. The van der Waals surface area contributed by atoms with Crippen molar-refractivity contribution >= 4 is 23.2 Å². The van der Waals surface area contributed by atoms with E-state index in [9.17, 15) is 14.7 Å². The van der Waals surface area contributed by atoms with Gasteiger partial charge in [-0.2, -0.15) is 0 Å². The summed E-state index contributed by atoms with van der Waals surface area (Å²) in [5.41, 5.74) is 3.56. The van der Waals surface area contributed by atoms with Crippen molar-refractivity contribution in [3.8, 4) is 0 Å². The van der Waals surface area contributed by atoms with Gasteiger partial charge in [-0.3, -0.25) is 9.59 Å². The first-order valence-corrected chi connectivity index (χ1v) is 14.7. The number of thiazole rings is 1. The minimum Gasteiger partial charge on any atom is -0.390 e. The van der Waals surface area contributed by atoms with Gasteiger partial charge in [0.2, 0.25) is 0 Å². The second-order valence-corrected chi connectivity index (χ2v) is 11.4. The lowest BCUT2D eigenvalue weighted by atomic mass is 10.00. The Morgan fingerprint density at radius 3 is 2.63 bits per heavy atom. The molecule has 1 saturated heterocycles. The Morgan fingerprint density at radius 2 is 1.90 bits per heavy atom. The van der Waals surface area contributed by atoms with Crippen LogP contribution >= 0.6 is 11.3 Å². The molecule has 9 nitrogen and oxygen atoms in total. The number of carbonyl (C=O) groups excluding carboxylic acids is 2. The third-order valence-corrected chi connectivity index (χ3v) is 8.28. The molecule has 0 spiro atoms. The number of likely N-dealkylation sites (tertiary alicyclic amines) is 1. The molecule has 0 bridgehead atoms. The van der Waals surface area contributed by atoms with Crippen LogP contribution in [0.2, 0.25) is 0 Å². The Kier molecular flexibility index (Phi) is 9.23. The van der Waals surface area contributed by atoms with E-state index >= 15 is 0 Å². The summed E-state index contributed by atoms with van der Waals surface area (Å²) in [5, 5.41) is 24.1. The Bertz CT molecular complexity index is 1470. The number of amides is 2. The lowest BCUT2D eigenvalue weighted by Crippen LogP contribution is -2.48. The first-order chi connectivity index (χ1) is 19.9. The van der Waals surface area contributed by atoms with Crippen LogP contribution in [0.5, 0.6) is 0 Å². The topological polar surface area (TPSA) is 121 Å². The molecule has 5 rings (SSSR count).